The van der Waals surface area contributed by atoms with Gasteiger partial charge < -0.3 is 10.4 Å². The van der Waals surface area contributed by atoms with Gasteiger partial charge in [-0.15, -0.1) is 6.42 Å². The molecule has 4 rings (SSSR count). The summed E-state index contributed by atoms with van der Waals surface area (Å²) in [4.78, 5) is 22.0. The van der Waals surface area contributed by atoms with Gasteiger partial charge in [-0.2, -0.15) is 4.98 Å². The SMILES string of the molecule is [2H]C1(Nc2ncc3cc(C#C)c(=O)n([C@@H]4CCC[C@@]4(C)O)c3n2)CCN(S(C)(=O)=O)CC1. The summed E-state index contributed by atoms with van der Waals surface area (Å²) < 4.78 is 35.0. The van der Waals surface area contributed by atoms with E-state index in [1.54, 1.807) is 19.2 Å². The monoisotopic (exact) mass is 446 g/mol. The van der Waals surface area contributed by atoms with Crippen LogP contribution in [0.25, 0.3) is 11.0 Å². The molecule has 1 aliphatic carbocycles. The van der Waals surface area contributed by atoms with E-state index in [-0.39, 0.29) is 43.0 Å². The van der Waals surface area contributed by atoms with E-state index in [9.17, 15) is 18.3 Å². The number of piperidine rings is 1. The molecule has 0 unspecified atom stereocenters. The molecule has 2 fully saturated rings. The third-order valence-corrected chi connectivity index (χ3v) is 7.51. The van der Waals surface area contributed by atoms with E-state index in [0.29, 0.717) is 23.9 Å². The molecule has 2 N–H and O–H groups in total. The van der Waals surface area contributed by atoms with Crippen molar-refractivity contribution in [3.63, 3.8) is 0 Å². The maximum atomic E-state index is 13.1. The number of hydrogen-bond donors (Lipinski definition) is 2. The normalized spacial score (nSPS) is 27.0. The molecule has 0 spiro atoms. The minimum absolute atomic E-state index is 0.166. The third kappa shape index (κ3) is 4.18. The largest absolute Gasteiger partial charge is 0.388 e. The van der Waals surface area contributed by atoms with Gasteiger partial charge in [-0.3, -0.25) is 9.36 Å². The van der Waals surface area contributed by atoms with Gasteiger partial charge in [-0.1, -0.05) is 5.92 Å². The zero-order chi connectivity index (χ0) is 23.3. The smallest absolute Gasteiger partial charge is 0.268 e. The number of hydrogen-bond acceptors (Lipinski definition) is 7. The Labute approximate surface area is 183 Å². The quantitative estimate of drug-likeness (QED) is 0.675. The van der Waals surface area contributed by atoms with Crippen LogP contribution in [-0.4, -0.2) is 63.3 Å². The molecule has 0 aromatic carbocycles. The molecule has 31 heavy (non-hydrogen) atoms. The first-order valence-corrected chi connectivity index (χ1v) is 12.1. The van der Waals surface area contributed by atoms with E-state index < -0.39 is 27.7 Å². The Morgan fingerprint density at radius 2 is 2.10 bits per heavy atom. The summed E-state index contributed by atoms with van der Waals surface area (Å²) in [6.45, 7) is 2.16. The lowest BCUT2D eigenvalue weighted by Crippen LogP contribution is -2.42. The average molecular weight is 447 g/mol. The number of fused-ring (bicyclic) bond motifs is 1. The second-order valence-corrected chi connectivity index (χ2v) is 10.5. The standard InChI is InChI=1S/C21H27N5O4S/c1-4-14-12-15-13-22-20(23-16-7-10-25(11-8-16)31(3,29)30)24-18(15)26(19(14)27)17-6-5-9-21(17,2)28/h1,12-13,16-17,28H,5-11H2,2-3H3,(H,22,23,24)/t17-,21-/m1/s1/i16D. The Balaban J connectivity index is 1.72. The summed E-state index contributed by atoms with van der Waals surface area (Å²) in [5, 5.41) is 14.4. The number of aliphatic hydroxyl groups is 1. The number of rotatable bonds is 4. The Bertz CT molecular complexity index is 1260. The fourth-order valence-electron chi connectivity index (χ4n) is 4.48. The number of anilines is 1. The molecule has 2 aliphatic rings. The van der Waals surface area contributed by atoms with Crippen LogP contribution in [-0.2, 0) is 10.0 Å². The lowest BCUT2D eigenvalue weighted by molar-refractivity contribution is 0.0266. The van der Waals surface area contributed by atoms with Crippen molar-refractivity contribution in [2.45, 2.75) is 56.7 Å². The number of nitrogens with zero attached hydrogens (tertiary/aromatic N) is 4. The number of terminal acetylenes is 1. The molecule has 2 aromatic rings. The van der Waals surface area contributed by atoms with Crippen molar-refractivity contribution in [3.8, 4) is 12.3 Å². The number of sulfonamides is 1. The summed E-state index contributed by atoms with van der Waals surface area (Å²) in [7, 11) is -3.30. The highest BCUT2D eigenvalue weighted by Crippen LogP contribution is 2.39. The Hall–Kier alpha value is -2.48. The molecular formula is C21H27N5O4S. The van der Waals surface area contributed by atoms with Crippen molar-refractivity contribution in [2.24, 2.45) is 0 Å². The molecule has 10 heteroatoms. The minimum Gasteiger partial charge on any atom is -0.388 e. The van der Waals surface area contributed by atoms with Crippen molar-refractivity contribution in [1.29, 1.82) is 0 Å². The first-order valence-electron chi connectivity index (χ1n) is 10.8. The zero-order valence-corrected chi connectivity index (χ0v) is 18.4. The fourth-order valence-corrected chi connectivity index (χ4v) is 5.33. The van der Waals surface area contributed by atoms with E-state index in [4.69, 9.17) is 7.79 Å². The van der Waals surface area contributed by atoms with Gasteiger partial charge >= 0.3 is 0 Å². The summed E-state index contributed by atoms with van der Waals surface area (Å²) in [5.41, 5.74) is -0.943. The lowest BCUT2D eigenvalue weighted by atomic mass is 9.99. The van der Waals surface area contributed by atoms with Crippen LogP contribution < -0.4 is 10.9 Å². The number of aromatic nitrogens is 3. The summed E-state index contributed by atoms with van der Waals surface area (Å²) >= 11 is 0. The first kappa shape index (κ1) is 20.4. The zero-order valence-electron chi connectivity index (χ0n) is 18.6. The summed E-state index contributed by atoms with van der Waals surface area (Å²) in [6.07, 6.45) is 10.7. The van der Waals surface area contributed by atoms with Gasteiger partial charge in [-0.05, 0) is 45.1 Å². The van der Waals surface area contributed by atoms with Crippen LogP contribution in [0.4, 0.5) is 5.95 Å². The van der Waals surface area contributed by atoms with Gasteiger partial charge in [0, 0.05) is 30.7 Å². The van der Waals surface area contributed by atoms with Gasteiger partial charge in [0.2, 0.25) is 16.0 Å². The van der Waals surface area contributed by atoms with Gasteiger partial charge in [0.15, 0.2) is 0 Å². The molecule has 0 bridgehead atoms. The van der Waals surface area contributed by atoms with Crippen LogP contribution in [0.2, 0.25) is 0 Å². The van der Waals surface area contributed by atoms with E-state index in [2.05, 4.69) is 21.2 Å². The van der Waals surface area contributed by atoms with Crippen molar-refractivity contribution in [3.05, 3.63) is 28.2 Å². The first-order chi connectivity index (χ1) is 14.9. The van der Waals surface area contributed by atoms with Gasteiger partial charge in [0.1, 0.15) is 5.65 Å². The van der Waals surface area contributed by atoms with Crippen molar-refractivity contribution < 1.29 is 14.9 Å². The Morgan fingerprint density at radius 3 is 2.68 bits per heavy atom. The molecule has 0 radical (unpaired) electrons. The highest BCUT2D eigenvalue weighted by molar-refractivity contribution is 7.88. The van der Waals surface area contributed by atoms with Crippen molar-refractivity contribution >= 4 is 27.0 Å². The molecular weight excluding hydrogens is 418 g/mol. The maximum absolute atomic E-state index is 13.1. The summed E-state index contributed by atoms with van der Waals surface area (Å²) in [5.74, 6) is 2.58. The van der Waals surface area contributed by atoms with Crippen LogP contribution in [0, 0.1) is 12.3 Å². The van der Waals surface area contributed by atoms with Gasteiger partial charge in [0.25, 0.3) is 5.56 Å². The Kier molecular flexibility index (Phi) is 5.20. The molecule has 0 amide bonds. The minimum atomic E-state index is -3.30. The predicted molar refractivity (Wildman–Crippen MR) is 118 cm³/mol. The third-order valence-electron chi connectivity index (χ3n) is 6.20. The lowest BCUT2D eigenvalue weighted by Gasteiger charge is -2.31. The van der Waals surface area contributed by atoms with Crippen LogP contribution in [0.1, 0.15) is 52.0 Å². The van der Waals surface area contributed by atoms with Crippen molar-refractivity contribution in [2.75, 3.05) is 24.7 Å². The van der Waals surface area contributed by atoms with Crippen LogP contribution >= 0.6 is 0 Å². The molecule has 1 saturated heterocycles. The van der Waals surface area contributed by atoms with Gasteiger partial charge in [-0.25, -0.2) is 17.7 Å². The molecule has 2 aromatic heterocycles. The second kappa shape index (κ2) is 7.89. The Morgan fingerprint density at radius 1 is 1.39 bits per heavy atom. The second-order valence-electron chi connectivity index (χ2n) is 8.51. The molecule has 3 heterocycles. The highest BCUT2D eigenvalue weighted by Gasteiger charge is 2.39. The van der Waals surface area contributed by atoms with Crippen LogP contribution in [0.5, 0.6) is 0 Å². The predicted octanol–water partition coefficient (Wildman–Crippen LogP) is 1.08. The van der Waals surface area contributed by atoms with E-state index in [0.717, 1.165) is 12.7 Å². The topological polar surface area (TPSA) is 117 Å². The molecule has 2 atom stereocenters. The van der Waals surface area contributed by atoms with E-state index in [1.165, 1.54) is 8.87 Å². The van der Waals surface area contributed by atoms with E-state index >= 15 is 0 Å². The molecule has 9 nitrogen and oxygen atoms in total. The van der Waals surface area contributed by atoms with Crippen LogP contribution in [0.15, 0.2) is 17.1 Å². The van der Waals surface area contributed by atoms with Crippen molar-refractivity contribution in [1.82, 2.24) is 18.8 Å². The maximum Gasteiger partial charge on any atom is 0.268 e. The fraction of sp³-hybridized carbons (Fsp3) is 0.571. The molecule has 1 saturated carbocycles. The summed E-state index contributed by atoms with van der Waals surface area (Å²) in [6, 6.07) is -0.0585. The number of pyridine rings is 1. The average Bonchev–Trinajstić information content (AvgIpc) is 3.05. The molecule has 1 aliphatic heterocycles. The van der Waals surface area contributed by atoms with Gasteiger partial charge in [0.05, 0.1) is 24.8 Å². The van der Waals surface area contributed by atoms with Crippen LogP contribution in [0.3, 0.4) is 0 Å². The van der Waals surface area contributed by atoms with E-state index in [1.807, 2.05) is 0 Å². The molecule has 166 valence electrons. The highest BCUT2D eigenvalue weighted by atomic mass is 32.2. The number of nitrogens with one attached hydrogen (secondary N) is 1.